The number of anilines is 1. The summed E-state index contributed by atoms with van der Waals surface area (Å²) in [4.78, 5) is 17.1. The number of benzene rings is 1. The van der Waals surface area contributed by atoms with Crippen LogP contribution in [0, 0.1) is 19.8 Å². The van der Waals surface area contributed by atoms with E-state index in [2.05, 4.69) is 23.3 Å². The van der Waals surface area contributed by atoms with Crippen LogP contribution in [0.4, 0.5) is 5.13 Å². The normalized spacial score (nSPS) is 19.8. The predicted molar refractivity (Wildman–Crippen MR) is 104 cm³/mol. The third kappa shape index (κ3) is 3.37. The Morgan fingerprint density at radius 1 is 1.19 bits per heavy atom. The molecule has 2 aliphatic rings. The molecule has 140 valence electrons. The maximum atomic E-state index is 12.6. The Labute approximate surface area is 157 Å². The first kappa shape index (κ1) is 17.9. The van der Waals surface area contributed by atoms with Crippen molar-refractivity contribution in [2.75, 3.05) is 18.4 Å². The Kier molecular flexibility index (Phi) is 4.53. The first-order chi connectivity index (χ1) is 12.3. The zero-order valence-corrected chi connectivity index (χ0v) is 16.6. The number of nitrogens with zero attached hydrogens (tertiary/aromatic N) is 2. The number of sulfonamides is 1. The molecule has 1 aromatic carbocycles. The van der Waals surface area contributed by atoms with Crippen LogP contribution in [0.2, 0.25) is 0 Å². The summed E-state index contributed by atoms with van der Waals surface area (Å²) >= 11 is 1.49. The van der Waals surface area contributed by atoms with Crippen LogP contribution in [0.1, 0.15) is 36.8 Å². The van der Waals surface area contributed by atoms with Gasteiger partial charge in [-0.15, -0.1) is 0 Å². The maximum Gasteiger partial charge on any atom is 0.229 e. The third-order valence-corrected chi connectivity index (χ3v) is 8.70. The molecule has 6 nitrogen and oxygen atoms in total. The van der Waals surface area contributed by atoms with Crippen molar-refractivity contribution >= 4 is 42.6 Å². The number of hydrogen-bond donors (Lipinski definition) is 1. The van der Waals surface area contributed by atoms with Crippen LogP contribution in [0.3, 0.4) is 0 Å². The van der Waals surface area contributed by atoms with Gasteiger partial charge >= 0.3 is 0 Å². The molecule has 2 fully saturated rings. The van der Waals surface area contributed by atoms with Crippen LogP contribution in [0.15, 0.2) is 12.1 Å². The van der Waals surface area contributed by atoms with Crippen molar-refractivity contribution in [3.8, 4) is 0 Å². The molecule has 1 amide bonds. The third-order valence-electron chi connectivity index (χ3n) is 5.18. The van der Waals surface area contributed by atoms with Gasteiger partial charge in [-0.1, -0.05) is 17.4 Å². The topological polar surface area (TPSA) is 79.4 Å². The molecular formula is C18H23N3O3S2. The highest BCUT2D eigenvalue weighted by Crippen LogP contribution is 2.34. The Morgan fingerprint density at radius 3 is 2.54 bits per heavy atom. The number of thiazole rings is 1. The summed E-state index contributed by atoms with van der Waals surface area (Å²) in [6.45, 7) is 4.97. The molecule has 8 heteroatoms. The van der Waals surface area contributed by atoms with Gasteiger partial charge in [0.1, 0.15) is 0 Å². The van der Waals surface area contributed by atoms with Gasteiger partial charge < -0.3 is 5.32 Å². The monoisotopic (exact) mass is 393 g/mol. The highest BCUT2D eigenvalue weighted by Gasteiger charge is 2.41. The van der Waals surface area contributed by atoms with Crippen LogP contribution < -0.4 is 5.32 Å². The number of aromatic nitrogens is 1. The Morgan fingerprint density at radius 2 is 1.88 bits per heavy atom. The lowest BCUT2D eigenvalue weighted by Gasteiger charge is -2.30. The molecule has 0 bridgehead atoms. The van der Waals surface area contributed by atoms with Crippen molar-refractivity contribution < 1.29 is 13.2 Å². The molecule has 2 heterocycles. The van der Waals surface area contributed by atoms with Gasteiger partial charge in [-0.25, -0.2) is 17.7 Å². The molecule has 0 atom stereocenters. The van der Waals surface area contributed by atoms with E-state index in [0.29, 0.717) is 31.1 Å². The first-order valence-electron chi connectivity index (χ1n) is 9.02. The van der Waals surface area contributed by atoms with Gasteiger partial charge in [-0.2, -0.15) is 0 Å². The van der Waals surface area contributed by atoms with E-state index < -0.39 is 10.0 Å². The van der Waals surface area contributed by atoms with Crippen LogP contribution >= 0.6 is 11.3 Å². The zero-order chi connectivity index (χ0) is 18.5. The van der Waals surface area contributed by atoms with Crippen molar-refractivity contribution in [3.05, 3.63) is 23.3 Å². The number of rotatable bonds is 4. The number of carbonyl (C=O) groups is 1. The Hall–Kier alpha value is -1.51. The second-order valence-corrected chi connectivity index (χ2v) is 10.6. The molecule has 0 radical (unpaired) electrons. The molecule has 1 saturated heterocycles. The summed E-state index contributed by atoms with van der Waals surface area (Å²) < 4.78 is 27.2. The van der Waals surface area contributed by atoms with Crippen LogP contribution in [0.25, 0.3) is 10.2 Å². The van der Waals surface area contributed by atoms with Gasteiger partial charge in [0.15, 0.2) is 5.13 Å². The SMILES string of the molecule is Cc1cc(C)c2sc(NC(=O)C3CCN(S(=O)(=O)C4CC4)CC3)nc2c1. The van der Waals surface area contributed by atoms with E-state index in [1.807, 2.05) is 13.0 Å². The lowest BCUT2D eigenvalue weighted by molar-refractivity contribution is -0.120. The summed E-state index contributed by atoms with van der Waals surface area (Å²) in [5.74, 6) is -0.211. The van der Waals surface area contributed by atoms with Crippen molar-refractivity contribution in [1.82, 2.24) is 9.29 Å². The molecule has 2 aromatic rings. The number of piperidine rings is 1. The minimum Gasteiger partial charge on any atom is -0.302 e. The van der Waals surface area contributed by atoms with Gasteiger partial charge in [0.25, 0.3) is 0 Å². The second-order valence-electron chi connectivity index (χ2n) is 7.36. The Balaban J connectivity index is 1.41. The number of amides is 1. The summed E-state index contributed by atoms with van der Waals surface area (Å²) in [5.41, 5.74) is 3.23. The van der Waals surface area contributed by atoms with Crippen LogP contribution in [-0.2, 0) is 14.8 Å². The van der Waals surface area contributed by atoms with E-state index in [-0.39, 0.29) is 17.1 Å². The van der Waals surface area contributed by atoms with E-state index in [4.69, 9.17) is 0 Å². The summed E-state index contributed by atoms with van der Waals surface area (Å²) in [6, 6.07) is 4.14. The van der Waals surface area contributed by atoms with Crippen molar-refractivity contribution in [2.45, 2.75) is 44.8 Å². The van der Waals surface area contributed by atoms with Crippen LogP contribution in [0.5, 0.6) is 0 Å². The number of carbonyl (C=O) groups excluding carboxylic acids is 1. The van der Waals surface area contributed by atoms with Crippen molar-refractivity contribution in [2.24, 2.45) is 5.92 Å². The average molecular weight is 394 g/mol. The van der Waals surface area contributed by atoms with Crippen molar-refractivity contribution in [3.63, 3.8) is 0 Å². The van der Waals surface area contributed by atoms with Gasteiger partial charge in [0, 0.05) is 19.0 Å². The largest absolute Gasteiger partial charge is 0.302 e. The fraction of sp³-hybridized carbons (Fsp3) is 0.556. The molecule has 1 saturated carbocycles. The number of hydrogen-bond acceptors (Lipinski definition) is 5. The molecule has 1 aromatic heterocycles. The highest BCUT2D eigenvalue weighted by atomic mass is 32.2. The Bertz CT molecular complexity index is 955. The smallest absolute Gasteiger partial charge is 0.229 e. The fourth-order valence-corrected chi connectivity index (χ4v) is 6.38. The minimum absolute atomic E-state index is 0.0538. The van der Waals surface area contributed by atoms with E-state index in [1.165, 1.54) is 11.3 Å². The first-order valence-corrected chi connectivity index (χ1v) is 11.3. The van der Waals surface area contributed by atoms with E-state index in [1.54, 1.807) is 4.31 Å². The summed E-state index contributed by atoms with van der Waals surface area (Å²) in [7, 11) is -3.13. The zero-order valence-electron chi connectivity index (χ0n) is 15.0. The molecule has 4 rings (SSSR count). The molecule has 1 aliphatic carbocycles. The van der Waals surface area contributed by atoms with Gasteiger partial charge in [0.2, 0.25) is 15.9 Å². The number of fused-ring (bicyclic) bond motifs is 1. The standard InChI is InChI=1S/C18H23N3O3S2/c1-11-9-12(2)16-15(10-11)19-18(25-16)20-17(22)13-5-7-21(8-6-13)26(23,24)14-3-4-14/h9-10,13-14H,3-8H2,1-2H3,(H,19,20,22). The molecule has 26 heavy (non-hydrogen) atoms. The van der Waals surface area contributed by atoms with Gasteiger partial charge in [-0.3, -0.25) is 4.79 Å². The predicted octanol–water partition coefficient (Wildman–Crippen LogP) is 3.06. The lowest BCUT2D eigenvalue weighted by Crippen LogP contribution is -2.42. The average Bonchev–Trinajstić information content (AvgIpc) is 3.37. The minimum atomic E-state index is -3.13. The molecule has 1 N–H and O–H groups in total. The molecule has 0 unspecified atom stereocenters. The summed E-state index contributed by atoms with van der Waals surface area (Å²) in [6.07, 6.45) is 2.69. The molecular weight excluding hydrogens is 370 g/mol. The van der Waals surface area contributed by atoms with Gasteiger partial charge in [0.05, 0.1) is 15.5 Å². The molecule has 1 aliphatic heterocycles. The fourth-order valence-electron chi connectivity index (χ4n) is 3.59. The lowest BCUT2D eigenvalue weighted by atomic mass is 9.97. The maximum absolute atomic E-state index is 12.6. The second kappa shape index (κ2) is 6.58. The van der Waals surface area contributed by atoms with Gasteiger partial charge in [-0.05, 0) is 56.7 Å². The van der Waals surface area contributed by atoms with E-state index in [0.717, 1.165) is 34.2 Å². The van der Waals surface area contributed by atoms with Crippen molar-refractivity contribution in [1.29, 1.82) is 0 Å². The van der Waals surface area contributed by atoms with Crippen LogP contribution in [-0.4, -0.2) is 42.0 Å². The summed E-state index contributed by atoms with van der Waals surface area (Å²) in [5, 5.41) is 3.38. The quantitative estimate of drug-likeness (QED) is 0.866. The molecule has 0 spiro atoms. The number of nitrogens with one attached hydrogen (secondary N) is 1. The number of aryl methyl sites for hydroxylation is 2. The highest BCUT2D eigenvalue weighted by molar-refractivity contribution is 7.90. The van der Waals surface area contributed by atoms with E-state index in [9.17, 15) is 13.2 Å². The van der Waals surface area contributed by atoms with E-state index >= 15 is 0 Å².